The molecule has 0 aromatic heterocycles. The molecular weight excluding hydrogens is 118 g/mol. The van der Waals surface area contributed by atoms with Crippen LogP contribution >= 0.6 is 0 Å². The van der Waals surface area contributed by atoms with Crippen molar-refractivity contribution in [2.45, 2.75) is 6.92 Å². The first kappa shape index (κ1) is 8.17. The smallest absolute Gasteiger partial charge is 0.154 e. The van der Waals surface area contributed by atoms with Crippen molar-refractivity contribution < 1.29 is 9.90 Å². The van der Waals surface area contributed by atoms with Gasteiger partial charge in [-0.1, -0.05) is 0 Å². The number of allylic oxidation sites excluding steroid dienone is 1. The number of rotatable bonds is 3. The minimum atomic E-state index is -0.0657. The van der Waals surface area contributed by atoms with Crippen molar-refractivity contribution in [1.82, 2.24) is 4.90 Å². The number of hydrogen-bond donors (Lipinski definition) is 1. The van der Waals surface area contributed by atoms with Crippen molar-refractivity contribution in [3.63, 3.8) is 0 Å². The molecule has 9 heavy (non-hydrogen) atoms. The Hall–Kier alpha value is -0.830. The van der Waals surface area contributed by atoms with Gasteiger partial charge in [-0.05, 0) is 13.0 Å². The van der Waals surface area contributed by atoms with Gasteiger partial charge in [-0.3, -0.25) is 4.79 Å². The predicted octanol–water partition coefficient (Wildman–Crippen LogP) is -0.0293. The highest BCUT2D eigenvalue weighted by atomic mass is 16.3. The molecule has 0 rings (SSSR count). The Morgan fingerprint density at radius 2 is 2.33 bits per heavy atom. The molecule has 3 nitrogen and oxygen atoms in total. The molecule has 52 valence electrons. The molecule has 0 aliphatic carbocycles. The fraction of sp³-hybridized carbons (Fsp3) is 0.500. The predicted molar refractivity (Wildman–Crippen MR) is 34.7 cm³/mol. The molecule has 3 heteroatoms. The van der Waals surface area contributed by atoms with E-state index in [4.69, 9.17) is 5.11 Å². The topological polar surface area (TPSA) is 40.5 Å². The fourth-order valence-electron chi connectivity index (χ4n) is 0.279. The quantitative estimate of drug-likeness (QED) is 0.429. The molecule has 0 heterocycles. The number of ketones is 1. The maximum absolute atomic E-state index is 10.3. The third-order valence-corrected chi connectivity index (χ3v) is 0.787. The molecule has 0 bridgehead atoms. The van der Waals surface area contributed by atoms with E-state index in [-0.39, 0.29) is 12.5 Å². The summed E-state index contributed by atoms with van der Waals surface area (Å²) < 4.78 is 0. The molecule has 0 aromatic rings. The molecule has 0 aromatic carbocycles. The van der Waals surface area contributed by atoms with Crippen LogP contribution in [-0.4, -0.2) is 29.6 Å². The summed E-state index contributed by atoms with van der Waals surface area (Å²) >= 11 is 0. The lowest BCUT2D eigenvalue weighted by Gasteiger charge is -2.06. The number of carbonyl (C=O) groups is 1. The maximum atomic E-state index is 10.3. The third-order valence-electron chi connectivity index (χ3n) is 0.787. The number of aliphatic hydroxyl groups is 1. The second kappa shape index (κ2) is 4.09. The van der Waals surface area contributed by atoms with Gasteiger partial charge in [-0.2, -0.15) is 0 Å². The largest absolute Gasteiger partial charge is 0.376 e. The summed E-state index contributed by atoms with van der Waals surface area (Å²) in [4.78, 5) is 11.8. The molecule has 0 fully saturated rings. The van der Waals surface area contributed by atoms with Crippen LogP contribution in [0.15, 0.2) is 12.3 Å². The van der Waals surface area contributed by atoms with Gasteiger partial charge >= 0.3 is 0 Å². The van der Waals surface area contributed by atoms with Gasteiger partial charge in [0.25, 0.3) is 0 Å². The van der Waals surface area contributed by atoms with Gasteiger partial charge in [0.1, 0.15) is 6.73 Å². The Balaban J connectivity index is 3.56. The van der Waals surface area contributed by atoms with E-state index in [1.807, 2.05) is 0 Å². The van der Waals surface area contributed by atoms with Crippen molar-refractivity contribution in [2.75, 3.05) is 13.8 Å². The molecular formula is C6H11NO2. The normalized spacial score (nSPS) is 10.1. The molecule has 0 saturated heterocycles. The van der Waals surface area contributed by atoms with Crippen LogP contribution in [0, 0.1) is 0 Å². The average molecular weight is 129 g/mol. The first-order chi connectivity index (χ1) is 4.16. The lowest BCUT2D eigenvalue weighted by atomic mass is 10.4. The van der Waals surface area contributed by atoms with Gasteiger partial charge in [-0.25, -0.2) is 0 Å². The number of hydrogen-bond acceptors (Lipinski definition) is 3. The zero-order chi connectivity index (χ0) is 7.28. The van der Waals surface area contributed by atoms with Gasteiger partial charge in [0, 0.05) is 13.2 Å². The van der Waals surface area contributed by atoms with Crippen molar-refractivity contribution in [3.8, 4) is 0 Å². The van der Waals surface area contributed by atoms with Crippen LogP contribution in [0.25, 0.3) is 0 Å². The summed E-state index contributed by atoms with van der Waals surface area (Å²) in [7, 11) is 1.68. The number of carbonyl (C=O) groups excluding carboxylic acids is 1. The van der Waals surface area contributed by atoms with Crippen molar-refractivity contribution in [2.24, 2.45) is 0 Å². The lowest BCUT2D eigenvalue weighted by molar-refractivity contribution is -0.112. The van der Waals surface area contributed by atoms with Crippen LogP contribution in [0.4, 0.5) is 0 Å². The first-order valence-corrected chi connectivity index (χ1v) is 2.66. The third kappa shape index (κ3) is 5.03. The van der Waals surface area contributed by atoms with Gasteiger partial charge in [0.2, 0.25) is 0 Å². The fourth-order valence-corrected chi connectivity index (χ4v) is 0.279. The summed E-state index contributed by atoms with van der Waals surface area (Å²) in [5, 5.41) is 8.41. The molecule has 0 spiro atoms. The molecule has 0 aliphatic rings. The number of nitrogens with zero attached hydrogens (tertiary/aromatic N) is 1. The molecule has 0 amide bonds. The Bertz CT molecular complexity index is 120. The highest BCUT2D eigenvalue weighted by Crippen LogP contribution is 1.80. The van der Waals surface area contributed by atoms with Gasteiger partial charge in [-0.15, -0.1) is 0 Å². The monoisotopic (exact) mass is 129 g/mol. The highest BCUT2D eigenvalue weighted by molar-refractivity contribution is 5.87. The minimum absolute atomic E-state index is 0.0182. The summed E-state index contributed by atoms with van der Waals surface area (Å²) in [6.07, 6.45) is 2.93. The summed E-state index contributed by atoms with van der Waals surface area (Å²) in [6.45, 7) is 1.39. The summed E-state index contributed by atoms with van der Waals surface area (Å²) in [5.74, 6) is -0.0182. The van der Waals surface area contributed by atoms with Gasteiger partial charge in [0.15, 0.2) is 5.78 Å². The number of aliphatic hydroxyl groups excluding tert-OH is 1. The van der Waals surface area contributed by atoms with Crippen molar-refractivity contribution in [3.05, 3.63) is 12.3 Å². The van der Waals surface area contributed by atoms with Crippen molar-refractivity contribution >= 4 is 5.78 Å². The highest BCUT2D eigenvalue weighted by Gasteiger charge is 1.84. The molecule has 0 radical (unpaired) electrons. The Morgan fingerprint density at radius 3 is 2.67 bits per heavy atom. The van der Waals surface area contributed by atoms with Crippen LogP contribution in [-0.2, 0) is 4.79 Å². The minimum Gasteiger partial charge on any atom is -0.376 e. The van der Waals surface area contributed by atoms with Crippen LogP contribution in [0.1, 0.15) is 6.92 Å². The van der Waals surface area contributed by atoms with E-state index in [0.29, 0.717) is 0 Å². The zero-order valence-electron chi connectivity index (χ0n) is 5.66. The van der Waals surface area contributed by atoms with Crippen LogP contribution in [0.3, 0.4) is 0 Å². The summed E-state index contributed by atoms with van der Waals surface area (Å²) in [6, 6.07) is 0. The van der Waals surface area contributed by atoms with E-state index in [1.54, 1.807) is 7.05 Å². The Morgan fingerprint density at radius 1 is 1.78 bits per heavy atom. The standard InChI is InChI=1S/C6H11NO2/c1-6(9)3-4-7(2)5-8/h3-4,8H,5H2,1-2H3/b4-3+. The Kier molecular flexibility index (Phi) is 3.71. The summed E-state index contributed by atoms with van der Waals surface area (Å²) in [5.41, 5.74) is 0. The van der Waals surface area contributed by atoms with E-state index in [0.717, 1.165) is 0 Å². The van der Waals surface area contributed by atoms with Gasteiger partial charge < -0.3 is 10.0 Å². The van der Waals surface area contributed by atoms with E-state index in [1.165, 1.54) is 24.1 Å². The maximum Gasteiger partial charge on any atom is 0.154 e. The average Bonchev–Trinajstić information content (AvgIpc) is 1.83. The zero-order valence-corrected chi connectivity index (χ0v) is 5.66. The van der Waals surface area contributed by atoms with E-state index in [9.17, 15) is 4.79 Å². The molecule has 1 N–H and O–H groups in total. The molecule has 0 saturated carbocycles. The first-order valence-electron chi connectivity index (χ1n) is 2.66. The van der Waals surface area contributed by atoms with E-state index < -0.39 is 0 Å². The second-order valence-electron chi connectivity index (χ2n) is 1.82. The molecule has 0 atom stereocenters. The molecule has 0 unspecified atom stereocenters. The van der Waals surface area contributed by atoms with Gasteiger partial charge in [0.05, 0.1) is 0 Å². The van der Waals surface area contributed by atoms with Crippen molar-refractivity contribution in [1.29, 1.82) is 0 Å². The van der Waals surface area contributed by atoms with E-state index in [2.05, 4.69) is 0 Å². The Labute approximate surface area is 54.6 Å². The van der Waals surface area contributed by atoms with Crippen LogP contribution in [0.5, 0.6) is 0 Å². The van der Waals surface area contributed by atoms with E-state index >= 15 is 0 Å². The van der Waals surface area contributed by atoms with Crippen LogP contribution in [0.2, 0.25) is 0 Å². The van der Waals surface area contributed by atoms with Crippen LogP contribution < -0.4 is 0 Å². The molecule has 0 aliphatic heterocycles. The second-order valence-corrected chi connectivity index (χ2v) is 1.82. The SMILES string of the molecule is CC(=O)/C=C/N(C)CO. The lowest BCUT2D eigenvalue weighted by Crippen LogP contribution is -2.11.